The van der Waals surface area contributed by atoms with Crippen LogP contribution in [0.1, 0.15) is 71.0 Å². The molecule has 1 saturated heterocycles. The van der Waals surface area contributed by atoms with Crippen LogP contribution in [0.2, 0.25) is 0 Å². The molecule has 1 heterocycles. The van der Waals surface area contributed by atoms with Gasteiger partial charge in [-0.1, -0.05) is 65.0 Å². The third-order valence-corrected chi connectivity index (χ3v) is 5.83. The third-order valence-electron chi connectivity index (χ3n) is 5.32. The van der Waals surface area contributed by atoms with E-state index in [1.165, 1.54) is 32.1 Å². The zero-order valence-corrected chi connectivity index (χ0v) is 18.5. The third kappa shape index (κ3) is 7.73. The van der Waals surface area contributed by atoms with Crippen LogP contribution in [0.5, 0.6) is 5.75 Å². The van der Waals surface area contributed by atoms with E-state index in [0.29, 0.717) is 13.2 Å². The zero-order valence-electron chi connectivity index (χ0n) is 17.7. The van der Waals surface area contributed by atoms with Crippen molar-refractivity contribution >= 4 is 16.8 Å². The Morgan fingerprint density at radius 2 is 1.86 bits per heavy atom. The second-order valence-electron chi connectivity index (χ2n) is 8.44. The van der Waals surface area contributed by atoms with Crippen LogP contribution in [-0.4, -0.2) is 43.0 Å². The number of carbonyl (C=O) groups is 1. The number of carbonyl (C=O) groups excluding carboxylic acids is 1. The van der Waals surface area contributed by atoms with Crippen LogP contribution in [0.3, 0.4) is 0 Å². The highest BCUT2D eigenvalue weighted by Gasteiger charge is 2.31. The highest BCUT2D eigenvalue weighted by molar-refractivity contribution is 6.64. The van der Waals surface area contributed by atoms with Crippen molar-refractivity contribution in [3.05, 3.63) is 29.8 Å². The molecule has 1 unspecified atom stereocenters. The van der Waals surface area contributed by atoms with Gasteiger partial charge in [0, 0.05) is 19.6 Å². The van der Waals surface area contributed by atoms with Gasteiger partial charge < -0.3 is 9.47 Å². The van der Waals surface area contributed by atoms with Gasteiger partial charge in [0.2, 0.25) is 5.24 Å². The fourth-order valence-electron chi connectivity index (χ4n) is 3.52. The van der Waals surface area contributed by atoms with Crippen LogP contribution >= 0.6 is 11.6 Å². The highest BCUT2D eigenvalue weighted by atomic mass is 35.5. The van der Waals surface area contributed by atoms with E-state index in [4.69, 9.17) is 21.1 Å². The number of unbranched alkanes of at least 4 members (excludes halogenated alkanes) is 5. The number of hydrogen-bond acceptors (Lipinski definition) is 4. The Morgan fingerprint density at radius 3 is 2.54 bits per heavy atom. The first-order valence-electron chi connectivity index (χ1n) is 10.7. The molecule has 0 aromatic heterocycles. The summed E-state index contributed by atoms with van der Waals surface area (Å²) in [5.41, 5.74) is 0.601. The first kappa shape index (κ1) is 23.2. The molecule has 1 aliphatic heterocycles. The number of ether oxygens (including phenoxy) is 2. The van der Waals surface area contributed by atoms with Crippen LogP contribution in [-0.2, 0) is 9.53 Å². The Morgan fingerprint density at radius 1 is 1.18 bits per heavy atom. The van der Waals surface area contributed by atoms with Gasteiger partial charge in [-0.05, 0) is 35.7 Å². The molecule has 4 nitrogen and oxygen atoms in total. The molecular weight excluding hydrogens is 374 g/mol. The van der Waals surface area contributed by atoms with Gasteiger partial charge in [-0.2, -0.15) is 0 Å². The molecule has 0 amide bonds. The molecule has 2 rings (SSSR count). The minimum absolute atomic E-state index is 0.0163. The van der Waals surface area contributed by atoms with E-state index in [1.807, 2.05) is 26.0 Å². The van der Waals surface area contributed by atoms with E-state index in [-0.39, 0.29) is 11.3 Å². The molecule has 1 aliphatic rings. The Bertz CT molecular complexity index is 588. The topological polar surface area (TPSA) is 38.8 Å². The molecule has 5 heteroatoms. The Balaban J connectivity index is 1.76. The largest absolute Gasteiger partial charge is 0.494 e. The maximum atomic E-state index is 11.6. The number of halogens is 1. The molecule has 1 aromatic rings. The van der Waals surface area contributed by atoms with Crippen LogP contribution in [0, 0.1) is 5.41 Å². The number of hydrogen-bond donors (Lipinski definition) is 0. The molecule has 0 bridgehead atoms. The van der Waals surface area contributed by atoms with Crippen molar-refractivity contribution in [2.45, 2.75) is 65.4 Å². The summed E-state index contributed by atoms with van der Waals surface area (Å²) in [5.74, 6) is 0.916. The lowest BCUT2D eigenvalue weighted by Crippen LogP contribution is -2.44. The van der Waals surface area contributed by atoms with Gasteiger partial charge >= 0.3 is 0 Å². The lowest BCUT2D eigenvalue weighted by molar-refractivity contribution is -0.121. The summed E-state index contributed by atoms with van der Waals surface area (Å²) in [4.78, 5) is 13.9. The Kier molecular flexibility index (Phi) is 9.76. The summed E-state index contributed by atoms with van der Waals surface area (Å²) in [6, 6.07) is 8.23. The molecule has 0 spiro atoms. The quantitative estimate of drug-likeness (QED) is 0.333. The van der Waals surface area contributed by atoms with Crippen LogP contribution in [0.15, 0.2) is 24.3 Å². The molecule has 1 aromatic carbocycles. The summed E-state index contributed by atoms with van der Waals surface area (Å²) in [7, 11) is 0. The van der Waals surface area contributed by atoms with Crippen molar-refractivity contribution < 1.29 is 14.3 Å². The molecule has 0 radical (unpaired) electrons. The van der Waals surface area contributed by atoms with Gasteiger partial charge in [-0.25, -0.2) is 0 Å². The summed E-state index contributed by atoms with van der Waals surface area (Å²) in [5, 5.41) is -0.289. The number of morpholine rings is 1. The van der Waals surface area contributed by atoms with Crippen LogP contribution in [0.25, 0.3) is 0 Å². The van der Waals surface area contributed by atoms with Crippen molar-refractivity contribution in [3.8, 4) is 5.75 Å². The number of rotatable bonds is 12. The van der Waals surface area contributed by atoms with Gasteiger partial charge in [-0.3, -0.25) is 9.69 Å². The standard InChI is InChI=1S/C23H36ClNO3/c1-4-5-6-7-8-9-15-27-20-12-10-19(11-13-20)21-17-25(14-16-28-21)18-23(2,3)22(24)26/h10-13,21H,4-9,14-18H2,1-3H3. The lowest BCUT2D eigenvalue weighted by atomic mass is 9.94. The Hall–Kier alpha value is -1.10. The molecule has 0 saturated carbocycles. The minimum Gasteiger partial charge on any atom is -0.494 e. The van der Waals surface area contributed by atoms with Gasteiger partial charge in [0.05, 0.1) is 24.7 Å². The monoisotopic (exact) mass is 409 g/mol. The van der Waals surface area contributed by atoms with E-state index in [2.05, 4.69) is 24.0 Å². The second-order valence-corrected chi connectivity index (χ2v) is 8.78. The van der Waals surface area contributed by atoms with Crippen molar-refractivity contribution in [2.24, 2.45) is 5.41 Å². The molecule has 1 atom stereocenters. The van der Waals surface area contributed by atoms with E-state index in [1.54, 1.807) is 0 Å². The molecule has 0 N–H and O–H groups in total. The molecular formula is C23H36ClNO3. The van der Waals surface area contributed by atoms with Crippen LogP contribution in [0.4, 0.5) is 0 Å². The van der Waals surface area contributed by atoms with Crippen molar-refractivity contribution in [2.75, 3.05) is 32.8 Å². The first-order chi connectivity index (χ1) is 13.4. The highest BCUT2D eigenvalue weighted by Crippen LogP contribution is 2.27. The molecule has 1 fully saturated rings. The first-order valence-corrected chi connectivity index (χ1v) is 11.1. The molecule has 28 heavy (non-hydrogen) atoms. The van der Waals surface area contributed by atoms with Crippen molar-refractivity contribution in [1.29, 1.82) is 0 Å². The van der Waals surface area contributed by atoms with Gasteiger partial charge in [0.15, 0.2) is 0 Å². The minimum atomic E-state index is -0.544. The second kappa shape index (κ2) is 11.8. The fraction of sp³-hybridized carbons (Fsp3) is 0.696. The molecule has 0 aliphatic carbocycles. The van der Waals surface area contributed by atoms with E-state index >= 15 is 0 Å². The van der Waals surface area contributed by atoms with Crippen molar-refractivity contribution in [3.63, 3.8) is 0 Å². The zero-order chi connectivity index (χ0) is 20.4. The number of nitrogens with zero attached hydrogens (tertiary/aromatic N) is 1. The Labute approximate surface area is 175 Å². The van der Waals surface area contributed by atoms with E-state index in [9.17, 15) is 4.79 Å². The van der Waals surface area contributed by atoms with Crippen molar-refractivity contribution in [1.82, 2.24) is 4.90 Å². The average molecular weight is 410 g/mol. The van der Waals surface area contributed by atoms with Gasteiger partial charge in [0.1, 0.15) is 5.75 Å². The predicted octanol–water partition coefficient (Wildman–Crippen LogP) is 5.59. The normalized spacial score (nSPS) is 18.2. The van der Waals surface area contributed by atoms with Crippen LogP contribution < -0.4 is 4.74 Å². The fourth-order valence-corrected chi connectivity index (χ4v) is 3.58. The van der Waals surface area contributed by atoms with Gasteiger partial charge in [-0.15, -0.1) is 0 Å². The van der Waals surface area contributed by atoms with E-state index < -0.39 is 5.41 Å². The average Bonchev–Trinajstić information content (AvgIpc) is 2.67. The molecule has 158 valence electrons. The summed E-state index contributed by atoms with van der Waals surface area (Å²) in [6.07, 6.45) is 7.63. The summed E-state index contributed by atoms with van der Waals surface area (Å²) in [6.45, 7) is 9.70. The SMILES string of the molecule is CCCCCCCCOc1ccc(C2CN(CC(C)(C)C(=O)Cl)CCO2)cc1. The smallest absolute Gasteiger partial charge is 0.228 e. The lowest BCUT2D eigenvalue weighted by Gasteiger charge is -2.36. The number of benzene rings is 1. The maximum absolute atomic E-state index is 11.6. The predicted molar refractivity (Wildman–Crippen MR) is 115 cm³/mol. The summed E-state index contributed by atoms with van der Waals surface area (Å²) >= 11 is 5.73. The maximum Gasteiger partial charge on any atom is 0.228 e. The summed E-state index contributed by atoms with van der Waals surface area (Å²) < 4.78 is 11.8. The van der Waals surface area contributed by atoms with E-state index in [0.717, 1.165) is 37.4 Å². The van der Waals surface area contributed by atoms with Gasteiger partial charge in [0.25, 0.3) is 0 Å².